The van der Waals surface area contributed by atoms with Gasteiger partial charge in [-0.2, -0.15) is 0 Å². The van der Waals surface area contributed by atoms with E-state index in [0.29, 0.717) is 11.6 Å². The Labute approximate surface area is 104 Å². The number of aromatic nitrogens is 2. The third kappa shape index (κ3) is 2.84. The number of aryl methyl sites for hydroxylation is 1. The van der Waals surface area contributed by atoms with Gasteiger partial charge in [-0.15, -0.1) is 0 Å². The maximum atomic E-state index is 12.9. The van der Waals surface area contributed by atoms with Gasteiger partial charge in [-0.25, -0.2) is 9.37 Å². The summed E-state index contributed by atoms with van der Waals surface area (Å²) in [5.74, 6) is 0.521. The molecule has 1 heterocycles. The molecular weight excluding hydrogens is 241 g/mol. The number of nitrogens with two attached hydrogens (primary N) is 1. The average Bonchev–Trinajstić information content (AvgIpc) is 2.75. The zero-order valence-corrected chi connectivity index (χ0v) is 9.97. The number of H-pyrrole nitrogens is 1. The van der Waals surface area contributed by atoms with Gasteiger partial charge in [0, 0.05) is 12.0 Å². The fraction of sp³-hybridized carbons (Fsp3) is 0.250. The second-order valence-electron chi connectivity index (χ2n) is 3.76. The number of benzene rings is 1. The molecule has 0 aliphatic heterocycles. The predicted molar refractivity (Wildman–Crippen MR) is 66.4 cm³/mol. The van der Waals surface area contributed by atoms with Crippen LogP contribution in [0.4, 0.5) is 4.39 Å². The first-order valence-corrected chi connectivity index (χ1v) is 5.78. The van der Waals surface area contributed by atoms with Gasteiger partial charge < -0.3 is 10.7 Å². The third-order valence-electron chi connectivity index (χ3n) is 2.47. The van der Waals surface area contributed by atoms with Crippen molar-refractivity contribution < 1.29 is 4.39 Å². The molecule has 0 atom stereocenters. The van der Waals surface area contributed by atoms with Gasteiger partial charge in [0.05, 0.1) is 16.9 Å². The van der Waals surface area contributed by atoms with Gasteiger partial charge in [0.25, 0.3) is 0 Å². The zero-order valence-electron chi connectivity index (χ0n) is 9.21. The minimum absolute atomic E-state index is 0.346. The molecule has 2 rings (SSSR count). The Hall–Kier alpha value is -1.39. The van der Waals surface area contributed by atoms with Crippen molar-refractivity contribution in [2.24, 2.45) is 5.73 Å². The molecule has 17 heavy (non-hydrogen) atoms. The van der Waals surface area contributed by atoms with Crippen LogP contribution in [0.2, 0.25) is 5.02 Å². The van der Waals surface area contributed by atoms with E-state index in [1.54, 1.807) is 12.3 Å². The molecule has 0 saturated heterocycles. The Bertz CT molecular complexity index is 510. The van der Waals surface area contributed by atoms with E-state index in [1.807, 2.05) is 0 Å². The van der Waals surface area contributed by atoms with Crippen molar-refractivity contribution in [3.63, 3.8) is 0 Å². The molecule has 3 N–H and O–H groups in total. The van der Waals surface area contributed by atoms with Crippen LogP contribution in [-0.4, -0.2) is 16.5 Å². The van der Waals surface area contributed by atoms with E-state index < -0.39 is 0 Å². The van der Waals surface area contributed by atoms with Crippen LogP contribution in [0, 0.1) is 5.82 Å². The molecule has 0 radical (unpaired) electrons. The van der Waals surface area contributed by atoms with Crippen LogP contribution < -0.4 is 5.73 Å². The number of hydrogen-bond acceptors (Lipinski definition) is 2. The van der Waals surface area contributed by atoms with Crippen molar-refractivity contribution in [2.45, 2.75) is 12.8 Å². The zero-order chi connectivity index (χ0) is 12.3. The highest BCUT2D eigenvalue weighted by atomic mass is 35.5. The largest absolute Gasteiger partial charge is 0.342 e. The lowest BCUT2D eigenvalue weighted by Crippen LogP contribution is -2.01. The number of imidazole rings is 1. The maximum Gasteiger partial charge on any atom is 0.124 e. The highest BCUT2D eigenvalue weighted by Crippen LogP contribution is 2.27. The molecule has 90 valence electrons. The second kappa shape index (κ2) is 5.29. The number of halogens is 2. The van der Waals surface area contributed by atoms with E-state index in [4.69, 9.17) is 17.3 Å². The maximum absolute atomic E-state index is 12.9. The molecule has 0 amide bonds. The fourth-order valence-corrected chi connectivity index (χ4v) is 1.87. The van der Waals surface area contributed by atoms with E-state index >= 15 is 0 Å². The van der Waals surface area contributed by atoms with Crippen molar-refractivity contribution in [1.82, 2.24) is 9.97 Å². The Morgan fingerprint density at radius 2 is 2.24 bits per heavy atom. The van der Waals surface area contributed by atoms with Crippen LogP contribution in [0.15, 0.2) is 24.4 Å². The minimum Gasteiger partial charge on any atom is -0.342 e. The predicted octanol–water partition coefficient (Wildman–Crippen LogP) is 2.76. The van der Waals surface area contributed by atoms with Gasteiger partial charge in [-0.05, 0) is 31.2 Å². The van der Waals surface area contributed by atoms with E-state index in [1.165, 1.54) is 12.1 Å². The SMILES string of the molecule is NCCCc1ncc(-c2ccc(F)cc2Cl)[nH]1. The number of rotatable bonds is 4. The molecule has 0 saturated carbocycles. The van der Waals surface area contributed by atoms with Crippen molar-refractivity contribution in [1.29, 1.82) is 0 Å². The van der Waals surface area contributed by atoms with Crippen molar-refractivity contribution in [3.05, 3.63) is 41.1 Å². The summed E-state index contributed by atoms with van der Waals surface area (Å²) in [6, 6.07) is 4.30. The van der Waals surface area contributed by atoms with Crippen LogP contribution in [-0.2, 0) is 6.42 Å². The quantitative estimate of drug-likeness (QED) is 0.880. The Morgan fingerprint density at radius 3 is 2.94 bits per heavy atom. The molecule has 0 aliphatic rings. The molecule has 0 fully saturated rings. The summed E-state index contributed by atoms with van der Waals surface area (Å²) in [5.41, 5.74) is 6.97. The summed E-state index contributed by atoms with van der Waals surface area (Å²) in [4.78, 5) is 7.38. The number of aromatic amines is 1. The van der Waals surface area contributed by atoms with Gasteiger partial charge >= 0.3 is 0 Å². The normalized spacial score (nSPS) is 10.8. The first-order chi connectivity index (χ1) is 8.20. The number of hydrogen-bond donors (Lipinski definition) is 2. The van der Waals surface area contributed by atoms with E-state index in [0.717, 1.165) is 29.9 Å². The summed E-state index contributed by atoms with van der Waals surface area (Å²) in [6.45, 7) is 0.632. The van der Waals surface area contributed by atoms with Crippen molar-refractivity contribution >= 4 is 11.6 Å². The number of nitrogens with one attached hydrogen (secondary N) is 1. The summed E-state index contributed by atoms with van der Waals surface area (Å²) >= 11 is 5.97. The molecule has 0 spiro atoms. The molecule has 0 unspecified atom stereocenters. The standard InChI is InChI=1S/C12H13ClFN3/c13-10-6-8(14)3-4-9(10)11-7-16-12(17-11)2-1-5-15/h3-4,6-7H,1-2,5,15H2,(H,16,17). The lowest BCUT2D eigenvalue weighted by molar-refractivity contribution is 0.628. The van der Waals surface area contributed by atoms with E-state index in [-0.39, 0.29) is 5.82 Å². The van der Waals surface area contributed by atoms with Crippen LogP contribution >= 0.6 is 11.6 Å². The molecule has 3 nitrogen and oxygen atoms in total. The average molecular weight is 254 g/mol. The van der Waals surface area contributed by atoms with Gasteiger partial charge in [0.1, 0.15) is 11.6 Å². The van der Waals surface area contributed by atoms with E-state index in [9.17, 15) is 4.39 Å². The Morgan fingerprint density at radius 1 is 1.41 bits per heavy atom. The lowest BCUT2D eigenvalue weighted by atomic mass is 10.2. The first-order valence-electron chi connectivity index (χ1n) is 5.40. The first kappa shape index (κ1) is 12.1. The third-order valence-corrected chi connectivity index (χ3v) is 2.78. The van der Waals surface area contributed by atoms with Crippen LogP contribution in [0.5, 0.6) is 0 Å². The summed E-state index contributed by atoms with van der Waals surface area (Å²) in [7, 11) is 0. The molecule has 0 bridgehead atoms. The minimum atomic E-state index is -0.346. The number of nitrogens with zero attached hydrogens (tertiary/aromatic N) is 1. The molecule has 5 heteroatoms. The van der Waals surface area contributed by atoms with Crippen LogP contribution in [0.25, 0.3) is 11.3 Å². The van der Waals surface area contributed by atoms with Gasteiger partial charge in [-0.3, -0.25) is 0 Å². The summed E-state index contributed by atoms with van der Waals surface area (Å²) in [5, 5.41) is 0.374. The lowest BCUT2D eigenvalue weighted by Gasteiger charge is -2.01. The highest BCUT2D eigenvalue weighted by Gasteiger charge is 2.07. The van der Waals surface area contributed by atoms with Crippen molar-refractivity contribution in [2.75, 3.05) is 6.54 Å². The van der Waals surface area contributed by atoms with Gasteiger partial charge in [0.15, 0.2) is 0 Å². The van der Waals surface area contributed by atoms with Crippen LogP contribution in [0.1, 0.15) is 12.2 Å². The monoisotopic (exact) mass is 253 g/mol. The van der Waals surface area contributed by atoms with Crippen molar-refractivity contribution in [3.8, 4) is 11.3 Å². The molecular formula is C12H13ClFN3. The molecule has 1 aromatic carbocycles. The Balaban J connectivity index is 2.24. The van der Waals surface area contributed by atoms with Gasteiger partial charge in [-0.1, -0.05) is 11.6 Å². The molecule has 2 aromatic rings. The van der Waals surface area contributed by atoms with Gasteiger partial charge in [0.2, 0.25) is 0 Å². The molecule has 0 aliphatic carbocycles. The topological polar surface area (TPSA) is 54.7 Å². The highest BCUT2D eigenvalue weighted by molar-refractivity contribution is 6.33. The summed E-state index contributed by atoms with van der Waals surface area (Å²) in [6.07, 6.45) is 3.38. The fourth-order valence-electron chi connectivity index (χ4n) is 1.60. The smallest absolute Gasteiger partial charge is 0.124 e. The van der Waals surface area contributed by atoms with E-state index in [2.05, 4.69) is 9.97 Å². The second-order valence-corrected chi connectivity index (χ2v) is 4.17. The van der Waals surface area contributed by atoms with Crippen LogP contribution in [0.3, 0.4) is 0 Å². The Kier molecular flexibility index (Phi) is 3.76. The summed E-state index contributed by atoms with van der Waals surface area (Å²) < 4.78 is 12.9. The molecule has 1 aromatic heterocycles.